The Morgan fingerprint density at radius 3 is 2.40 bits per heavy atom. The maximum absolute atomic E-state index is 5.92. The van der Waals surface area contributed by atoms with E-state index in [1.807, 2.05) is 36.4 Å². The Morgan fingerprint density at radius 2 is 1.70 bits per heavy atom. The Morgan fingerprint density at radius 1 is 1.00 bits per heavy atom. The summed E-state index contributed by atoms with van der Waals surface area (Å²) in [5.74, 6) is 1.72. The normalized spacial score (nSPS) is 16.1. The average Bonchev–Trinajstić information content (AvgIpc) is 2.62. The second kappa shape index (κ2) is 4.41. The molecule has 0 bridgehead atoms. The summed E-state index contributed by atoms with van der Waals surface area (Å²) in [6.07, 6.45) is 0. The summed E-state index contributed by atoms with van der Waals surface area (Å²) in [5.41, 5.74) is 3.53. The quantitative estimate of drug-likeness (QED) is 0.779. The number of fused-ring (bicyclic) bond motifs is 1. The number of likely N-dealkylation sites (N-methyl/N-ethyl adjacent to an activating group) is 1. The number of benzene rings is 2. The lowest BCUT2D eigenvalue weighted by Gasteiger charge is -2.22. The molecule has 3 rings (SSSR count). The van der Waals surface area contributed by atoms with Crippen LogP contribution in [0.25, 0.3) is 0 Å². The predicted octanol–water partition coefficient (Wildman–Crippen LogP) is 4.72. The van der Waals surface area contributed by atoms with Crippen LogP contribution in [0.15, 0.2) is 60.8 Å². The van der Waals surface area contributed by atoms with Gasteiger partial charge in [-0.05, 0) is 35.9 Å². The second-order valence-corrected chi connectivity index (χ2v) is 5.72. The number of hydrogen-bond donors (Lipinski definition) is 0. The van der Waals surface area contributed by atoms with Crippen molar-refractivity contribution in [3.63, 3.8) is 0 Å². The van der Waals surface area contributed by atoms with E-state index in [2.05, 4.69) is 44.5 Å². The lowest BCUT2D eigenvalue weighted by Crippen LogP contribution is -2.21. The van der Waals surface area contributed by atoms with Crippen LogP contribution < -0.4 is 9.64 Å². The van der Waals surface area contributed by atoms with Gasteiger partial charge in [0.1, 0.15) is 11.5 Å². The summed E-state index contributed by atoms with van der Waals surface area (Å²) in [4.78, 5) is 2.15. The zero-order chi connectivity index (χ0) is 14.3. The fourth-order valence-corrected chi connectivity index (χ4v) is 2.72. The highest BCUT2D eigenvalue weighted by atomic mass is 16.5. The third-order valence-electron chi connectivity index (χ3n) is 4.11. The lowest BCUT2D eigenvalue weighted by atomic mass is 9.84. The van der Waals surface area contributed by atoms with Gasteiger partial charge in [-0.1, -0.05) is 38.6 Å². The topological polar surface area (TPSA) is 12.5 Å². The van der Waals surface area contributed by atoms with Crippen molar-refractivity contribution >= 4 is 5.69 Å². The van der Waals surface area contributed by atoms with Crippen molar-refractivity contribution in [1.82, 2.24) is 0 Å². The molecular formula is C18H19NO. The van der Waals surface area contributed by atoms with Gasteiger partial charge in [0, 0.05) is 23.8 Å². The van der Waals surface area contributed by atoms with Gasteiger partial charge >= 0.3 is 0 Å². The molecule has 0 radical (unpaired) electrons. The molecule has 0 N–H and O–H groups in total. The Hall–Kier alpha value is -2.22. The summed E-state index contributed by atoms with van der Waals surface area (Å²) in [5, 5.41) is 0. The van der Waals surface area contributed by atoms with Crippen LogP contribution in [-0.4, -0.2) is 7.05 Å². The Kier molecular flexibility index (Phi) is 2.82. The van der Waals surface area contributed by atoms with E-state index in [-0.39, 0.29) is 5.41 Å². The first-order chi connectivity index (χ1) is 9.50. The zero-order valence-electron chi connectivity index (χ0n) is 12.2. The molecule has 0 atom stereocenters. The highest BCUT2D eigenvalue weighted by Crippen LogP contribution is 2.47. The van der Waals surface area contributed by atoms with Crippen molar-refractivity contribution < 1.29 is 4.74 Å². The molecule has 2 nitrogen and oxygen atoms in total. The summed E-state index contributed by atoms with van der Waals surface area (Å²) in [6, 6.07) is 16.1. The van der Waals surface area contributed by atoms with Crippen LogP contribution in [-0.2, 0) is 5.41 Å². The SMILES string of the molecule is C=C1N(C)c2ccc(Oc3ccccc3)cc2C1(C)C. The summed E-state index contributed by atoms with van der Waals surface area (Å²) in [7, 11) is 2.06. The van der Waals surface area contributed by atoms with Crippen LogP contribution in [0.1, 0.15) is 19.4 Å². The molecule has 0 aliphatic carbocycles. The third-order valence-corrected chi connectivity index (χ3v) is 4.11. The maximum atomic E-state index is 5.92. The first-order valence-electron chi connectivity index (χ1n) is 6.80. The van der Waals surface area contributed by atoms with Gasteiger partial charge < -0.3 is 9.64 Å². The zero-order valence-corrected chi connectivity index (χ0v) is 12.2. The molecule has 2 aromatic carbocycles. The molecule has 1 aliphatic rings. The van der Waals surface area contributed by atoms with Crippen molar-refractivity contribution in [2.75, 3.05) is 11.9 Å². The maximum Gasteiger partial charge on any atom is 0.127 e. The predicted molar refractivity (Wildman–Crippen MR) is 83.5 cm³/mol. The van der Waals surface area contributed by atoms with Gasteiger partial charge in [-0.25, -0.2) is 0 Å². The van der Waals surface area contributed by atoms with Crippen LogP contribution in [0.3, 0.4) is 0 Å². The number of hydrogen-bond acceptors (Lipinski definition) is 2. The largest absolute Gasteiger partial charge is 0.457 e. The van der Waals surface area contributed by atoms with Crippen LogP contribution >= 0.6 is 0 Å². The number of allylic oxidation sites excluding steroid dienone is 1. The van der Waals surface area contributed by atoms with E-state index in [1.54, 1.807) is 0 Å². The number of ether oxygens (including phenoxy) is 1. The molecule has 0 amide bonds. The molecule has 1 heterocycles. The van der Waals surface area contributed by atoms with Gasteiger partial charge in [0.25, 0.3) is 0 Å². The number of nitrogens with zero attached hydrogens (tertiary/aromatic N) is 1. The van der Waals surface area contributed by atoms with E-state index in [0.717, 1.165) is 17.2 Å². The van der Waals surface area contributed by atoms with E-state index in [0.29, 0.717) is 0 Å². The molecule has 0 unspecified atom stereocenters. The highest BCUT2D eigenvalue weighted by Gasteiger charge is 2.37. The minimum absolute atomic E-state index is 0.0554. The minimum Gasteiger partial charge on any atom is -0.457 e. The van der Waals surface area contributed by atoms with Crippen molar-refractivity contribution in [3.05, 3.63) is 66.4 Å². The summed E-state index contributed by atoms with van der Waals surface area (Å²) < 4.78 is 5.92. The van der Waals surface area contributed by atoms with E-state index < -0.39 is 0 Å². The van der Waals surface area contributed by atoms with Crippen LogP contribution in [0.2, 0.25) is 0 Å². The molecule has 0 saturated heterocycles. The summed E-state index contributed by atoms with van der Waals surface area (Å²) >= 11 is 0. The van der Waals surface area contributed by atoms with Crippen LogP contribution in [0.4, 0.5) is 5.69 Å². The second-order valence-electron chi connectivity index (χ2n) is 5.72. The Balaban J connectivity index is 1.99. The van der Waals surface area contributed by atoms with Gasteiger partial charge in [-0.3, -0.25) is 0 Å². The molecular weight excluding hydrogens is 246 g/mol. The minimum atomic E-state index is -0.0554. The molecule has 0 aromatic heterocycles. The molecule has 1 aliphatic heterocycles. The fourth-order valence-electron chi connectivity index (χ4n) is 2.72. The standard InChI is InChI=1S/C18H19NO/c1-13-18(2,3)16-12-15(10-11-17(16)19(13)4)20-14-8-6-5-7-9-14/h5-12H,1H2,2-4H3. The molecule has 2 aromatic rings. The van der Waals surface area contributed by atoms with Crippen LogP contribution in [0, 0.1) is 0 Å². The number of rotatable bonds is 2. The van der Waals surface area contributed by atoms with Crippen molar-refractivity contribution in [1.29, 1.82) is 0 Å². The first-order valence-corrected chi connectivity index (χ1v) is 6.80. The molecule has 0 saturated carbocycles. The highest BCUT2D eigenvalue weighted by molar-refractivity contribution is 5.70. The molecule has 0 fully saturated rings. The molecule has 102 valence electrons. The van der Waals surface area contributed by atoms with Gasteiger partial charge in [-0.2, -0.15) is 0 Å². The monoisotopic (exact) mass is 265 g/mol. The summed E-state index contributed by atoms with van der Waals surface area (Å²) in [6.45, 7) is 8.60. The number of anilines is 1. The van der Waals surface area contributed by atoms with E-state index >= 15 is 0 Å². The van der Waals surface area contributed by atoms with Crippen molar-refractivity contribution in [2.45, 2.75) is 19.3 Å². The first kappa shape index (κ1) is 12.8. The number of para-hydroxylation sites is 1. The smallest absolute Gasteiger partial charge is 0.127 e. The van der Waals surface area contributed by atoms with Gasteiger partial charge in [0.15, 0.2) is 0 Å². The lowest BCUT2D eigenvalue weighted by molar-refractivity contribution is 0.480. The molecule has 20 heavy (non-hydrogen) atoms. The van der Waals surface area contributed by atoms with Gasteiger partial charge in [0.2, 0.25) is 0 Å². The van der Waals surface area contributed by atoms with E-state index in [4.69, 9.17) is 4.74 Å². The average molecular weight is 265 g/mol. The third kappa shape index (κ3) is 1.88. The molecule has 0 spiro atoms. The van der Waals surface area contributed by atoms with Crippen molar-refractivity contribution in [2.24, 2.45) is 0 Å². The fraction of sp³-hybridized carbons (Fsp3) is 0.222. The molecule has 2 heteroatoms. The van der Waals surface area contributed by atoms with E-state index in [9.17, 15) is 0 Å². The van der Waals surface area contributed by atoms with Gasteiger partial charge in [-0.15, -0.1) is 0 Å². The Bertz CT molecular complexity index is 658. The van der Waals surface area contributed by atoms with Crippen LogP contribution in [0.5, 0.6) is 11.5 Å². The van der Waals surface area contributed by atoms with Gasteiger partial charge in [0.05, 0.1) is 0 Å². The Labute approximate surface area is 120 Å². The van der Waals surface area contributed by atoms with Crippen molar-refractivity contribution in [3.8, 4) is 11.5 Å². The van der Waals surface area contributed by atoms with E-state index in [1.165, 1.54) is 11.3 Å².